The van der Waals surface area contributed by atoms with Crippen LogP contribution < -0.4 is 4.72 Å². The average Bonchev–Trinajstić information content (AvgIpc) is 2.69. The Hall–Kier alpha value is -2.18. The van der Waals surface area contributed by atoms with E-state index in [0.29, 0.717) is 31.1 Å². The number of carbonyl (C=O) groups excluding carboxylic acids is 1. The van der Waals surface area contributed by atoms with Crippen molar-refractivity contribution in [2.75, 3.05) is 19.6 Å². The van der Waals surface area contributed by atoms with Gasteiger partial charge < -0.3 is 4.90 Å². The molecule has 2 aromatic rings. The van der Waals surface area contributed by atoms with E-state index in [2.05, 4.69) is 29.0 Å². The monoisotopic (exact) mass is 400 g/mol. The van der Waals surface area contributed by atoms with Gasteiger partial charge in [0.2, 0.25) is 10.0 Å². The second-order valence-corrected chi connectivity index (χ2v) is 9.17. The molecule has 3 rings (SSSR count). The molecular formula is C22H28N2O3S. The number of benzene rings is 2. The molecule has 0 aliphatic carbocycles. The number of piperidine rings is 1. The summed E-state index contributed by atoms with van der Waals surface area (Å²) in [7, 11) is -3.58. The molecule has 1 N–H and O–H groups in total. The Morgan fingerprint density at radius 3 is 2.43 bits per heavy atom. The van der Waals surface area contributed by atoms with Crippen molar-refractivity contribution in [2.45, 2.75) is 38.0 Å². The van der Waals surface area contributed by atoms with Crippen LogP contribution in [-0.4, -0.2) is 38.9 Å². The number of likely N-dealkylation sites (tertiary alicyclic amines) is 1. The zero-order valence-corrected chi connectivity index (χ0v) is 17.3. The topological polar surface area (TPSA) is 66.5 Å². The van der Waals surface area contributed by atoms with Gasteiger partial charge in [0.25, 0.3) is 5.91 Å². The van der Waals surface area contributed by atoms with Crippen molar-refractivity contribution in [1.82, 2.24) is 9.62 Å². The molecule has 1 aliphatic rings. The predicted octanol–water partition coefficient (Wildman–Crippen LogP) is 3.39. The van der Waals surface area contributed by atoms with Crippen LogP contribution in [0.4, 0.5) is 0 Å². The Morgan fingerprint density at radius 1 is 1.11 bits per heavy atom. The zero-order valence-electron chi connectivity index (χ0n) is 16.5. The first-order valence-electron chi connectivity index (χ1n) is 9.84. The molecule has 1 amide bonds. The lowest BCUT2D eigenvalue weighted by molar-refractivity contribution is 0.0689. The fraction of sp³-hybridized carbons (Fsp3) is 0.409. The second kappa shape index (κ2) is 8.88. The summed E-state index contributed by atoms with van der Waals surface area (Å²) in [6.45, 7) is 5.31. The fourth-order valence-electron chi connectivity index (χ4n) is 3.73. The Labute approximate surface area is 167 Å². The number of carbonyl (C=O) groups is 1. The van der Waals surface area contributed by atoms with Gasteiger partial charge in [0.1, 0.15) is 0 Å². The van der Waals surface area contributed by atoms with Gasteiger partial charge >= 0.3 is 0 Å². The van der Waals surface area contributed by atoms with Gasteiger partial charge in [-0.3, -0.25) is 4.79 Å². The Morgan fingerprint density at radius 2 is 1.79 bits per heavy atom. The highest BCUT2D eigenvalue weighted by atomic mass is 32.2. The van der Waals surface area contributed by atoms with Crippen LogP contribution in [0.2, 0.25) is 0 Å². The molecule has 1 heterocycles. The minimum Gasteiger partial charge on any atom is -0.339 e. The highest BCUT2D eigenvalue weighted by molar-refractivity contribution is 7.89. The lowest BCUT2D eigenvalue weighted by Gasteiger charge is -2.32. The number of hydrogen-bond acceptors (Lipinski definition) is 3. The molecule has 0 spiro atoms. The largest absolute Gasteiger partial charge is 0.339 e. The molecule has 0 aromatic heterocycles. The second-order valence-electron chi connectivity index (χ2n) is 7.40. The van der Waals surface area contributed by atoms with E-state index in [0.717, 1.165) is 24.8 Å². The smallest absolute Gasteiger partial charge is 0.254 e. The first kappa shape index (κ1) is 20.6. The van der Waals surface area contributed by atoms with E-state index in [4.69, 9.17) is 0 Å². The minimum absolute atomic E-state index is 0.0794. The maximum absolute atomic E-state index is 13.0. The van der Waals surface area contributed by atoms with E-state index in [1.165, 1.54) is 11.6 Å². The van der Waals surface area contributed by atoms with Crippen molar-refractivity contribution >= 4 is 15.9 Å². The summed E-state index contributed by atoms with van der Waals surface area (Å²) in [5.41, 5.74) is 2.61. The summed E-state index contributed by atoms with van der Waals surface area (Å²) < 4.78 is 27.0. The van der Waals surface area contributed by atoms with E-state index in [1.54, 1.807) is 19.1 Å². The normalized spacial score (nSPS) is 15.6. The summed E-state index contributed by atoms with van der Waals surface area (Å²) in [6, 6.07) is 15.2. The van der Waals surface area contributed by atoms with Crippen LogP contribution in [0.3, 0.4) is 0 Å². The summed E-state index contributed by atoms with van der Waals surface area (Å²) in [5, 5.41) is 0. The number of amides is 1. The van der Waals surface area contributed by atoms with E-state index in [-0.39, 0.29) is 10.8 Å². The maximum atomic E-state index is 13.0. The van der Waals surface area contributed by atoms with Gasteiger partial charge in [-0.2, -0.15) is 0 Å². The molecule has 2 aromatic carbocycles. The molecule has 28 heavy (non-hydrogen) atoms. The highest BCUT2D eigenvalue weighted by Crippen LogP contribution is 2.24. The van der Waals surface area contributed by atoms with Crippen LogP contribution in [-0.2, 0) is 16.4 Å². The quantitative estimate of drug-likeness (QED) is 0.808. The molecule has 1 aliphatic heterocycles. The van der Waals surface area contributed by atoms with Crippen molar-refractivity contribution in [2.24, 2.45) is 5.92 Å². The SMILES string of the molecule is CCNS(=O)(=O)c1ccc(C)c(C(=O)N2CCC(Cc3ccccc3)CC2)c1. The molecule has 5 nitrogen and oxygen atoms in total. The zero-order chi connectivity index (χ0) is 20.1. The number of rotatable bonds is 6. The van der Waals surface area contributed by atoms with Crippen molar-refractivity contribution in [3.63, 3.8) is 0 Å². The standard InChI is InChI=1S/C22H28N2O3S/c1-3-23-28(26,27)20-10-9-17(2)21(16-20)22(25)24-13-11-19(12-14-24)15-18-7-5-4-6-8-18/h4-10,16,19,23H,3,11-15H2,1-2H3. The summed E-state index contributed by atoms with van der Waals surface area (Å²) in [5.74, 6) is 0.497. The van der Waals surface area contributed by atoms with Gasteiger partial charge in [-0.05, 0) is 55.4 Å². The van der Waals surface area contributed by atoms with Gasteiger partial charge in [0.05, 0.1) is 4.90 Å². The summed E-state index contributed by atoms with van der Waals surface area (Å²) >= 11 is 0. The number of aryl methyl sites for hydroxylation is 1. The fourth-order valence-corrected chi connectivity index (χ4v) is 4.80. The van der Waals surface area contributed by atoms with E-state index < -0.39 is 10.0 Å². The lowest BCUT2D eigenvalue weighted by Crippen LogP contribution is -2.39. The summed E-state index contributed by atoms with van der Waals surface area (Å²) in [6.07, 6.45) is 2.97. The number of hydrogen-bond donors (Lipinski definition) is 1. The first-order chi connectivity index (χ1) is 13.4. The van der Waals surface area contributed by atoms with E-state index >= 15 is 0 Å². The molecule has 0 atom stereocenters. The first-order valence-corrected chi connectivity index (χ1v) is 11.3. The molecule has 0 radical (unpaired) electrons. The molecule has 0 bridgehead atoms. The van der Waals surface area contributed by atoms with Gasteiger partial charge in [-0.15, -0.1) is 0 Å². The number of nitrogens with one attached hydrogen (secondary N) is 1. The number of nitrogens with zero attached hydrogens (tertiary/aromatic N) is 1. The number of sulfonamides is 1. The molecule has 1 saturated heterocycles. The Balaban J connectivity index is 1.68. The Bertz CT molecular complexity index is 918. The lowest BCUT2D eigenvalue weighted by atomic mass is 9.90. The molecule has 150 valence electrons. The predicted molar refractivity (Wildman–Crippen MR) is 111 cm³/mol. The van der Waals surface area contributed by atoms with Crippen molar-refractivity contribution in [1.29, 1.82) is 0 Å². The van der Waals surface area contributed by atoms with Crippen LogP contribution >= 0.6 is 0 Å². The average molecular weight is 401 g/mol. The third-order valence-corrected chi connectivity index (χ3v) is 6.90. The van der Waals surface area contributed by atoms with Gasteiger partial charge in [0.15, 0.2) is 0 Å². The third-order valence-electron chi connectivity index (χ3n) is 5.35. The summed E-state index contributed by atoms with van der Waals surface area (Å²) in [4.78, 5) is 15.0. The van der Waals surface area contributed by atoms with Crippen LogP contribution in [0.1, 0.15) is 41.3 Å². The maximum Gasteiger partial charge on any atom is 0.254 e. The molecular weight excluding hydrogens is 372 g/mol. The molecule has 1 fully saturated rings. The van der Waals surface area contributed by atoms with Crippen LogP contribution in [0.5, 0.6) is 0 Å². The van der Waals surface area contributed by atoms with Crippen LogP contribution in [0.15, 0.2) is 53.4 Å². The Kier molecular flexibility index (Phi) is 6.52. The minimum atomic E-state index is -3.58. The highest BCUT2D eigenvalue weighted by Gasteiger charge is 2.26. The molecule has 6 heteroatoms. The molecule has 0 saturated carbocycles. The van der Waals surface area contributed by atoms with E-state index in [9.17, 15) is 13.2 Å². The van der Waals surface area contributed by atoms with Crippen LogP contribution in [0, 0.1) is 12.8 Å². The van der Waals surface area contributed by atoms with Crippen LogP contribution in [0.25, 0.3) is 0 Å². The van der Waals surface area contributed by atoms with Crippen molar-refractivity contribution in [3.05, 3.63) is 65.2 Å². The third kappa shape index (κ3) is 4.80. The van der Waals surface area contributed by atoms with E-state index in [1.807, 2.05) is 17.9 Å². The van der Waals surface area contributed by atoms with Crippen molar-refractivity contribution < 1.29 is 13.2 Å². The van der Waals surface area contributed by atoms with Gasteiger partial charge in [-0.1, -0.05) is 43.3 Å². The van der Waals surface area contributed by atoms with Gasteiger partial charge in [0, 0.05) is 25.2 Å². The molecule has 0 unspecified atom stereocenters. The van der Waals surface area contributed by atoms with Gasteiger partial charge in [-0.25, -0.2) is 13.1 Å². The van der Waals surface area contributed by atoms with Crippen molar-refractivity contribution in [3.8, 4) is 0 Å².